The van der Waals surface area contributed by atoms with Gasteiger partial charge < -0.3 is 10.1 Å². The van der Waals surface area contributed by atoms with Gasteiger partial charge in [0.1, 0.15) is 0 Å². The molecule has 0 unspecified atom stereocenters. The van der Waals surface area contributed by atoms with Crippen LogP contribution >= 0.6 is 0 Å². The number of carbonyl (C=O) groups is 1. The second kappa shape index (κ2) is 7.71. The van der Waals surface area contributed by atoms with Crippen molar-refractivity contribution in [2.75, 3.05) is 13.7 Å². The van der Waals surface area contributed by atoms with Gasteiger partial charge in [-0.25, -0.2) is 4.39 Å². The molecule has 3 nitrogen and oxygen atoms in total. The van der Waals surface area contributed by atoms with Crippen molar-refractivity contribution in [2.24, 2.45) is 0 Å². The molecule has 0 saturated carbocycles. The molecule has 2 aromatic rings. The third-order valence-electron chi connectivity index (χ3n) is 3.17. The average molecular weight is 351 g/mol. The van der Waals surface area contributed by atoms with Crippen molar-refractivity contribution in [2.45, 2.75) is 6.18 Å². The summed E-state index contributed by atoms with van der Waals surface area (Å²) in [5, 5.41) is 2.44. The van der Waals surface area contributed by atoms with Gasteiger partial charge in [-0.05, 0) is 36.4 Å². The lowest BCUT2D eigenvalue weighted by molar-refractivity contribution is -0.137. The molecule has 0 aliphatic heterocycles. The highest BCUT2D eigenvalue weighted by Crippen LogP contribution is 2.29. The molecule has 0 saturated heterocycles. The molecule has 0 aliphatic rings. The normalized spacial score (nSPS) is 10.6. The average Bonchev–Trinajstić information content (AvgIpc) is 2.58. The van der Waals surface area contributed by atoms with E-state index in [0.717, 1.165) is 18.2 Å². The SMILES string of the molecule is COc1ccc(C(=O)NCC#Cc2cccc(C(F)(F)F)c2)cc1F. The first-order valence-corrected chi connectivity index (χ1v) is 7.09. The summed E-state index contributed by atoms with van der Waals surface area (Å²) >= 11 is 0. The van der Waals surface area contributed by atoms with Crippen LogP contribution in [-0.2, 0) is 6.18 Å². The zero-order chi connectivity index (χ0) is 18.4. The van der Waals surface area contributed by atoms with Crippen LogP contribution in [0.2, 0.25) is 0 Å². The molecule has 0 atom stereocenters. The highest BCUT2D eigenvalue weighted by molar-refractivity contribution is 5.94. The van der Waals surface area contributed by atoms with Crippen LogP contribution in [0.4, 0.5) is 17.6 Å². The zero-order valence-corrected chi connectivity index (χ0v) is 13.1. The smallest absolute Gasteiger partial charge is 0.416 e. The highest BCUT2D eigenvalue weighted by atomic mass is 19.4. The van der Waals surface area contributed by atoms with Gasteiger partial charge in [0.15, 0.2) is 11.6 Å². The summed E-state index contributed by atoms with van der Waals surface area (Å²) in [6, 6.07) is 8.29. The van der Waals surface area contributed by atoms with Crippen LogP contribution in [0.3, 0.4) is 0 Å². The van der Waals surface area contributed by atoms with E-state index in [9.17, 15) is 22.4 Å². The molecular formula is C18H13F4NO2. The monoisotopic (exact) mass is 351 g/mol. The molecule has 2 rings (SSSR count). The maximum atomic E-state index is 13.5. The topological polar surface area (TPSA) is 38.3 Å². The first kappa shape index (κ1) is 18.3. The minimum Gasteiger partial charge on any atom is -0.494 e. The molecule has 1 N–H and O–H groups in total. The number of hydrogen-bond donors (Lipinski definition) is 1. The van der Waals surface area contributed by atoms with Crippen molar-refractivity contribution in [1.29, 1.82) is 0 Å². The molecule has 2 aromatic carbocycles. The van der Waals surface area contributed by atoms with Crippen LogP contribution in [-0.4, -0.2) is 19.6 Å². The number of alkyl halides is 3. The van der Waals surface area contributed by atoms with Crippen LogP contribution < -0.4 is 10.1 Å². The number of halogens is 4. The molecule has 0 fully saturated rings. The standard InChI is InChI=1S/C18H13F4NO2/c1-25-16-8-7-13(11-15(16)19)17(24)23-9-3-5-12-4-2-6-14(10-12)18(20,21)22/h2,4,6-8,10-11H,9H2,1H3,(H,23,24). The van der Waals surface area contributed by atoms with Gasteiger partial charge >= 0.3 is 6.18 Å². The molecule has 25 heavy (non-hydrogen) atoms. The Morgan fingerprint density at radius 3 is 2.60 bits per heavy atom. The number of methoxy groups -OCH3 is 1. The Morgan fingerprint density at radius 1 is 1.20 bits per heavy atom. The third kappa shape index (κ3) is 4.98. The van der Waals surface area contributed by atoms with Gasteiger partial charge in [-0.1, -0.05) is 17.9 Å². The van der Waals surface area contributed by atoms with Crippen molar-refractivity contribution in [3.8, 4) is 17.6 Å². The van der Waals surface area contributed by atoms with Crippen molar-refractivity contribution >= 4 is 5.91 Å². The van der Waals surface area contributed by atoms with E-state index in [4.69, 9.17) is 4.74 Å². The van der Waals surface area contributed by atoms with Gasteiger partial charge in [-0.15, -0.1) is 0 Å². The Hall–Kier alpha value is -3.01. The van der Waals surface area contributed by atoms with Crippen LogP contribution in [0.15, 0.2) is 42.5 Å². The maximum Gasteiger partial charge on any atom is 0.416 e. The summed E-state index contributed by atoms with van der Waals surface area (Å²) in [4.78, 5) is 11.9. The molecule has 0 heterocycles. The Labute approximate surface area is 141 Å². The molecule has 1 amide bonds. The summed E-state index contributed by atoms with van der Waals surface area (Å²) in [7, 11) is 1.31. The van der Waals surface area contributed by atoms with Crippen LogP contribution in [0, 0.1) is 17.7 Å². The van der Waals surface area contributed by atoms with E-state index in [1.165, 1.54) is 31.4 Å². The Morgan fingerprint density at radius 2 is 1.96 bits per heavy atom. The summed E-state index contributed by atoms with van der Waals surface area (Å²) < 4.78 is 56.1. The number of benzene rings is 2. The fraction of sp³-hybridized carbons (Fsp3) is 0.167. The van der Waals surface area contributed by atoms with Gasteiger partial charge in [0.2, 0.25) is 0 Å². The van der Waals surface area contributed by atoms with Crippen molar-refractivity contribution in [3.05, 3.63) is 65.0 Å². The fourth-order valence-electron chi connectivity index (χ4n) is 1.95. The van der Waals surface area contributed by atoms with E-state index in [1.807, 2.05) is 0 Å². The summed E-state index contributed by atoms with van der Waals surface area (Å²) in [5.41, 5.74) is -0.532. The number of carbonyl (C=O) groups excluding carboxylic acids is 1. The van der Waals surface area contributed by atoms with Crippen LogP contribution in [0.1, 0.15) is 21.5 Å². The second-order valence-electron chi connectivity index (χ2n) is 4.91. The number of hydrogen-bond acceptors (Lipinski definition) is 2. The molecule has 130 valence electrons. The lowest BCUT2D eigenvalue weighted by atomic mass is 10.1. The van der Waals surface area contributed by atoms with E-state index < -0.39 is 23.5 Å². The highest BCUT2D eigenvalue weighted by Gasteiger charge is 2.30. The van der Waals surface area contributed by atoms with Gasteiger partial charge in [-0.2, -0.15) is 13.2 Å². The van der Waals surface area contributed by atoms with E-state index in [2.05, 4.69) is 17.2 Å². The van der Waals surface area contributed by atoms with Crippen LogP contribution in [0.5, 0.6) is 5.75 Å². The van der Waals surface area contributed by atoms with E-state index >= 15 is 0 Å². The molecular weight excluding hydrogens is 338 g/mol. The number of ether oxygens (including phenoxy) is 1. The molecule has 0 aliphatic carbocycles. The van der Waals surface area contributed by atoms with Gasteiger partial charge in [0, 0.05) is 11.1 Å². The minimum absolute atomic E-state index is 0.0147. The summed E-state index contributed by atoms with van der Waals surface area (Å²) in [6.07, 6.45) is -4.44. The minimum atomic E-state index is -4.44. The van der Waals surface area contributed by atoms with Crippen molar-refractivity contribution < 1.29 is 27.1 Å². The first-order valence-electron chi connectivity index (χ1n) is 7.09. The first-order chi connectivity index (χ1) is 11.8. The maximum absolute atomic E-state index is 13.5. The molecule has 0 radical (unpaired) electrons. The molecule has 0 spiro atoms. The quantitative estimate of drug-likeness (QED) is 0.677. The van der Waals surface area contributed by atoms with E-state index in [1.54, 1.807) is 0 Å². The summed E-state index contributed by atoms with van der Waals surface area (Å²) in [5.74, 6) is 3.87. The predicted molar refractivity (Wildman–Crippen MR) is 83.6 cm³/mol. The lowest BCUT2D eigenvalue weighted by Gasteiger charge is -2.06. The van der Waals surface area contributed by atoms with Crippen LogP contribution in [0.25, 0.3) is 0 Å². The van der Waals surface area contributed by atoms with Gasteiger partial charge in [-0.3, -0.25) is 4.79 Å². The predicted octanol–water partition coefficient (Wildman–Crippen LogP) is 3.63. The van der Waals surface area contributed by atoms with Crippen molar-refractivity contribution in [1.82, 2.24) is 5.32 Å². The summed E-state index contributed by atoms with van der Waals surface area (Å²) in [6.45, 7) is -0.0945. The fourth-order valence-corrected chi connectivity index (χ4v) is 1.95. The molecule has 0 bridgehead atoms. The number of rotatable bonds is 3. The number of nitrogens with one attached hydrogen (secondary N) is 1. The second-order valence-corrected chi connectivity index (χ2v) is 4.91. The lowest BCUT2D eigenvalue weighted by Crippen LogP contribution is -2.23. The largest absolute Gasteiger partial charge is 0.494 e. The number of amides is 1. The van der Waals surface area contributed by atoms with Gasteiger partial charge in [0.25, 0.3) is 5.91 Å². The third-order valence-corrected chi connectivity index (χ3v) is 3.17. The molecule has 7 heteroatoms. The Balaban J connectivity index is 1.98. The Kier molecular flexibility index (Phi) is 5.65. The van der Waals surface area contributed by atoms with Crippen molar-refractivity contribution in [3.63, 3.8) is 0 Å². The zero-order valence-electron chi connectivity index (χ0n) is 13.1. The molecule has 0 aromatic heterocycles. The Bertz CT molecular complexity index is 835. The van der Waals surface area contributed by atoms with E-state index in [0.29, 0.717) is 0 Å². The van der Waals surface area contributed by atoms with E-state index in [-0.39, 0.29) is 23.4 Å². The van der Waals surface area contributed by atoms with Gasteiger partial charge in [0.05, 0.1) is 19.2 Å².